The van der Waals surface area contributed by atoms with Crippen molar-refractivity contribution in [2.24, 2.45) is 5.73 Å². The molecule has 29 heavy (non-hydrogen) atoms. The molecule has 10 heteroatoms. The standard InChI is InChI=1S/C19H17ClF3N5O/c1-10-16(24)12(17(25)14-9-26-6-7-27-14)5-8-28(10)18(29)11-3-2-4-13(15(11)20)19(21,22)23/h2-4,6-7,9-10,24H,5,8,25H2,1H3/b17-12-,24-16?. The molecule has 2 aromatic rings. The first-order valence-electron chi connectivity index (χ1n) is 8.63. The zero-order chi connectivity index (χ0) is 21.3. The molecule has 0 bridgehead atoms. The Balaban J connectivity index is 1.90. The van der Waals surface area contributed by atoms with Gasteiger partial charge in [-0.2, -0.15) is 13.2 Å². The minimum Gasteiger partial charge on any atom is -0.397 e. The van der Waals surface area contributed by atoms with Gasteiger partial charge in [0.15, 0.2) is 0 Å². The molecule has 1 atom stereocenters. The molecule has 1 unspecified atom stereocenters. The third-order valence-corrected chi connectivity index (χ3v) is 5.18. The van der Waals surface area contributed by atoms with Crippen molar-refractivity contribution < 1.29 is 18.0 Å². The lowest BCUT2D eigenvalue weighted by Crippen LogP contribution is -2.48. The zero-order valence-electron chi connectivity index (χ0n) is 15.3. The largest absolute Gasteiger partial charge is 0.417 e. The fourth-order valence-corrected chi connectivity index (χ4v) is 3.50. The van der Waals surface area contributed by atoms with Gasteiger partial charge < -0.3 is 16.0 Å². The van der Waals surface area contributed by atoms with E-state index in [2.05, 4.69) is 9.97 Å². The van der Waals surface area contributed by atoms with Crippen LogP contribution < -0.4 is 5.73 Å². The molecule has 152 valence electrons. The number of piperidine rings is 1. The van der Waals surface area contributed by atoms with Crippen molar-refractivity contribution in [3.05, 3.63) is 64.2 Å². The second kappa shape index (κ2) is 7.82. The smallest absolute Gasteiger partial charge is 0.397 e. The number of carbonyl (C=O) groups is 1. The Morgan fingerprint density at radius 1 is 1.34 bits per heavy atom. The lowest BCUT2D eigenvalue weighted by Gasteiger charge is -2.36. The normalized spacial score (nSPS) is 19.3. The highest BCUT2D eigenvalue weighted by atomic mass is 35.5. The summed E-state index contributed by atoms with van der Waals surface area (Å²) < 4.78 is 39.3. The molecule has 0 saturated carbocycles. The van der Waals surface area contributed by atoms with E-state index >= 15 is 0 Å². The topological polar surface area (TPSA) is 96.0 Å². The van der Waals surface area contributed by atoms with Gasteiger partial charge in [-0.05, 0) is 25.5 Å². The number of aromatic nitrogens is 2. The molecule has 1 aliphatic heterocycles. The van der Waals surface area contributed by atoms with Crippen molar-refractivity contribution >= 4 is 28.9 Å². The molecule has 0 aliphatic carbocycles. The Labute approximate surface area is 169 Å². The van der Waals surface area contributed by atoms with Gasteiger partial charge in [-0.25, -0.2) is 0 Å². The van der Waals surface area contributed by atoms with Crippen LogP contribution in [0.1, 0.15) is 35.0 Å². The molecule has 1 saturated heterocycles. The van der Waals surface area contributed by atoms with E-state index < -0.39 is 28.7 Å². The number of carbonyl (C=O) groups excluding carboxylic acids is 1. The minimum atomic E-state index is -4.67. The fraction of sp³-hybridized carbons (Fsp3) is 0.263. The lowest BCUT2D eigenvalue weighted by atomic mass is 9.92. The van der Waals surface area contributed by atoms with Crippen LogP contribution in [0, 0.1) is 5.41 Å². The van der Waals surface area contributed by atoms with E-state index in [-0.39, 0.29) is 24.2 Å². The van der Waals surface area contributed by atoms with Crippen molar-refractivity contribution in [2.45, 2.75) is 25.6 Å². The lowest BCUT2D eigenvalue weighted by molar-refractivity contribution is -0.137. The third-order valence-electron chi connectivity index (χ3n) is 4.77. The number of nitrogens with two attached hydrogens (primary N) is 1. The number of nitrogens with one attached hydrogen (secondary N) is 1. The maximum absolute atomic E-state index is 13.1. The summed E-state index contributed by atoms with van der Waals surface area (Å²) in [4.78, 5) is 22.3. The quantitative estimate of drug-likeness (QED) is 0.768. The van der Waals surface area contributed by atoms with Crippen LogP contribution in [0.4, 0.5) is 13.2 Å². The average Bonchev–Trinajstić information content (AvgIpc) is 2.69. The number of benzene rings is 1. The second-order valence-electron chi connectivity index (χ2n) is 6.49. The summed E-state index contributed by atoms with van der Waals surface area (Å²) in [5.41, 5.74) is 6.13. The highest BCUT2D eigenvalue weighted by Gasteiger charge is 2.37. The van der Waals surface area contributed by atoms with Crippen molar-refractivity contribution in [3.63, 3.8) is 0 Å². The first-order chi connectivity index (χ1) is 13.6. The number of amides is 1. The van der Waals surface area contributed by atoms with E-state index in [0.29, 0.717) is 17.0 Å². The summed E-state index contributed by atoms with van der Waals surface area (Å²) in [6.45, 7) is 1.79. The van der Waals surface area contributed by atoms with E-state index in [1.54, 1.807) is 6.92 Å². The number of alkyl halides is 3. The summed E-state index contributed by atoms with van der Waals surface area (Å²) in [7, 11) is 0. The molecule has 1 aromatic carbocycles. The molecule has 2 heterocycles. The summed E-state index contributed by atoms with van der Waals surface area (Å²) in [5, 5.41) is 7.77. The Kier molecular flexibility index (Phi) is 5.61. The van der Waals surface area contributed by atoms with Crippen LogP contribution in [-0.2, 0) is 6.18 Å². The number of likely N-dealkylation sites (tertiary alicyclic amines) is 1. The highest BCUT2D eigenvalue weighted by molar-refractivity contribution is 6.34. The van der Waals surface area contributed by atoms with Gasteiger partial charge in [0, 0.05) is 24.5 Å². The summed E-state index contributed by atoms with van der Waals surface area (Å²) in [6, 6.07) is 2.50. The van der Waals surface area contributed by atoms with Gasteiger partial charge in [-0.3, -0.25) is 14.8 Å². The van der Waals surface area contributed by atoms with Gasteiger partial charge >= 0.3 is 6.18 Å². The van der Waals surface area contributed by atoms with Crippen LogP contribution in [0.2, 0.25) is 5.02 Å². The molecule has 1 amide bonds. The van der Waals surface area contributed by atoms with Crippen LogP contribution >= 0.6 is 11.6 Å². The first kappa shape index (κ1) is 20.8. The number of halogens is 4. The summed E-state index contributed by atoms with van der Waals surface area (Å²) >= 11 is 5.89. The van der Waals surface area contributed by atoms with E-state index in [1.807, 2.05) is 0 Å². The average molecular weight is 424 g/mol. The van der Waals surface area contributed by atoms with E-state index in [1.165, 1.54) is 29.6 Å². The van der Waals surface area contributed by atoms with Crippen LogP contribution in [0.25, 0.3) is 5.70 Å². The van der Waals surface area contributed by atoms with Gasteiger partial charge in [0.2, 0.25) is 0 Å². The number of nitrogens with zero attached hydrogens (tertiary/aromatic N) is 3. The monoisotopic (exact) mass is 423 g/mol. The summed E-state index contributed by atoms with van der Waals surface area (Å²) in [6.07, 6.45) is 0.0301. The Hall–Kier alpha value is -2.94. The number of hydrogen-bond donors (Lipinski definition) is 2. The summed E-state index contributed by atoms with van der Waals surface area (Å²) in [5.74, 6) is -0.671. The minimum absolute atomic E-state index is 0.0934. The molecule has 3 N–H and O–H groups in total. The first-order valence-corrected chi connectivity index (χ1v) is 9.01. The van der Waals surface area contributed by atoms with Crippen LogP contribution in [-0.4, -0.2) is 39.1 Å². The highest BCUT2D eigenvalue weighted by Crippen LogP contribution is 2.37. The van der Waals surface area contributed by atoms with Crippen molar-refractivity contribution in [3.8, 4) is 0 Å². The van der Waals surface area contributed by atoms with Crippen molar-refractivity contribution in [1.29, 1.82) is 5.41 Å². The van der Waals surface area contributed by atoms with Gasteiger partial charge in [-0.1, -0.05) is 17.7 Å². The van der Waals surface area contributed by atoms with Crippen molar-refractivity contribution in [2.75, 3.05) is 6.54 Å². The third kappa shape index (κ3) is 3.95. The molecule has 1 aliphatic rings. The SMILES string of the molecule is CC1C(=N)/C(=C(\N)c2cnccn2)CCN1C(=O)c1cccc(C(F)(F)F)c1Cl. The van der Waals surface area contributed by atoms with Gasteiger partial charge in [0.25, 0.3) is 5.91 Å². The zero-order valence-corrected chi connectivity index (χ0v) is 16.1. The van der Waals surface area contributed by atoms with Crippen LogP contribution in [0.3, 0.4) is 0 Å². The van der Waals surface area contributed by atoms with Gasteiger partial charge in [-0.15, -0.1) is 0 Å². The molecular formula is C19H17ClF3N5O. The molecule has 0 spiro atoms. The number of hydrogen-bond acceptors (Lipinski definition) is 5. The van der Waals surface area contributed by atoms with Crippen LogP contribution in [0.15, 0.2) is 42.4 Å². The molecule has 1 aromatic heterocycles. The van der Waals surface area contributed by atoms with E-state index in [9.17, 15) is 18.0 Å². The van der Waals surface area contributed by atoms with Crippen molar-refractivity contribution in [1.82, 2.24) is 14.9 Å². The molecule has 1 fully saturated rings. The van der Waals surface area contributed by atoms with E-state index in [4.69, 9.17) is 22.7 Å². The number of rotatable bonds is 2. The van der Waals surface area contributed by atoms with E-state index in [0.717, 1.165) is 12.1 Å². The molecule has 6 nitrogen and oxygen atoms in total. The van der Waals surface area contributed by atoms with Gasteiger partial charge in [0.05, 0.1) is 39.8 Å². The maximum atomic E-state index is 13.1. The molecular weight excluding hydrogens is 407 g/mol. The molecule has 0 radical (unpaired) electrons. The Bertz CT molecular complexity index is 991. The van der Waals surface area contributed by atoms with Crippen LogP contribution in [0.5, 0.6) is 0 Å². The predicted molar refractivity (Wildman–Crippen MR) is 102 cm³/mol. The fourth-order valence-electron chi connectivity index (χ4n) is 3.19. The second-order valence-corrected chi connectivity index (χ2v) is 6.86. The van der Waals surface area contributed by atoms with Gasteiger partial charge in [0.1, 0.15) is 5.69 Å². The Morgan fingerprint density at radius 3 is 2.69 bits per heavy atom. The Morgan fingerprint density at radius 2 is 2.07 bits per heavy atom. The maximum Gasteiger partial charge on any atom is 0.417 e. The molecule has 3 rings (SSSR count). The predicted octanol–water partition coefficient (Wildman–Crippen LogP) is 3.77.